The molecule has 0 bridgehead atoms. The molecule has 1 heterocycles. The van der Waals surface area contributed by atoms with Gasteiger partial charge in [0.2, 0.25) is 0 Å². The lowest BCUT2D eigenvalue weighted by Crippen LogP contribution is -2.44. The molecule has 0 radical (unpaired) electrons. The maximum absolute atomic E-state index is 12.5. The van der Waals surface area contributed by atoms with Gasteiger partial charge in [-0.15, -0.1) is 0 Å². The number of nitrogens with one attached hydrogen (secondary N) is 2. The molecule has 1 aliphatic heterocycles. The van der Waals surface area contributed by atoms with Gasteiger partial charge >= 0.3 is 12.0 Å². The van der Waals surface area contributed by atoms with E-state index in [0.29, 0.717) is 23.6 Å². The molecule has 1 saturated carbocycles. The van der Waals surface area contributed by atoms with Crippen LogP contribution in [0.15, 0.2) is 24.3 Å². The lowest BCUT2D eigenvalue weighted by molar-refractivity contribution is -0.155. The highest BCUT2D eigenvalue weighted by Crippen LogP contribution is 2.34. The van der Waals surface area contributed by atoms with E-state index in [9.17, 15) is 19.2 Å². The van der Waals surface area contributed by atoms with E-state index >= 15 is 0 Å². The quantitative estimate of drug-likeness (QED) is 0.588. The zero-order valence-electron chi connectivity index (χ0n) is 14.8. The third kappa shape index (κ3) is 4.05. The van der Waals surface area contributed by atoms with Crippen LogP contribution in [0.25, 0.3) is 0 Å². The lowest BCUT2D eigenvalue weighted by Gasteiger charge is -2.20. The van der Waals surface area contributed by atoms with Gasteiger partial charge < -0.3 is 15.4 Å². The molecule has 3 rings (SSSR count). The lowest BCUT2D eigenvalue weighted by atomic mass is 9.98. The largest absolute Gasteiger partial charge is 0.451 e. The smallest absolute Gasteiger partial charge is 0.327 e. The van der Waals surface area contributed by atoms with Crippen molar-refractivity contribution in [3.63, 3.8) is 0 Å². The summed E-state index contributed by atoms with van der Waals surface area (Å²) in [6.45, 7) is 0.878. The van der Waals surface area contributed by atoms with E-state index in [1.807, 2.05) is 0 Å². The summed E-state index contributed by atoms with van der Waals surface area (Å²) >= 11 is 5.85. The molecule has 2 N–H and O–H groups in total. The van der Waals surface area contributed by atoms with Gasteiger partial charge in [0.25, 0.3) is 11.8 Å². The first kappa shape index (κ1) is 19.2. The summed E-state index contributed by atoms with van der Waals surface area (Å²) < 4.78 is 5.07. The van der Waals surface area contributed by atoms with Gasteiger partial charge in [-0.3, -0.25) is 19.3 Å². The summed E-state index contributed by atoms with van der Waals surface area (Å²) in [5.74, 6) is -1.78. The van der Waals surface area contributed by atoms with Crippen LogP contribution in [0.3, 0.4) is 0 Å². The molecule has 1 spiro atoms. The number of carbonyl (C=O) groups excluding carboxylic acids is 4. The number of anilines is 1. The first-order chi connectivity index (χ1) is 12.8. The van der Waals surface area contributed by atoms with E-state index in [1.54, 1.807) is 24.3 Å². The maximum Gasteiger partial charge on any atom is 0.327 e. The Kier molecular flexibility index (Phi) is 5.36. The molecular weight excluding hydrogens is 374 g/mol. The van der Waals surface area contributed by atoms with Crippen molar-refractivity contribution in [2.75, 3.05) is 11.9 Å². The highest BCUT2D eigenvalue weighted by Gasteiger charge is 2.52. The Morgan fingerprint density at radius 1 is 1.33 bits per heavy atom. The van der Waals surface area contributed by atoms with Crippen LogP contribution in [-0.4, -0.2) is 46.9 Å². The van der Waals surface area contributed by atoms with Gasteiger partial charge in [0.15, 0.2) is 6.10 Å². The standard InChI is InChI=1S/C18H20ClN3O5/c1-11(15(24)20-13-6-4-5-12(19)9-13)27-14(23)10-22-16(25)18(21-17(22)26)7-2-3-8-18/h4-6,9,11H,2-3,7-8,10H2,1H3,(H,20,24)(H,21,26)/t11-/m1/s1. The van der Waals surface area contributed by atoms with E-state index in [2.05, 4.69) is 10.6 Å². The molecule has 8 nitrogen and oxygen atoms in total. The Hall–Kier alpha value is -2.61. The van der Waals surface area contributed by atoms with Crippen molar-refractivity contribution >= 4 is 41.1 Å². The fraction of sp³-hybridized carbons (Fsp3) is 0.444. The van der Waals surface area contributed by atoms with Gasteiger partial charge in [0.1, 0.15) is 12.1 Å². The Morgan fingerprint density at radius 3 is 2.70 bits per heavy atom. The highest BCUT2D eigenvalue weighted by atomic mass is 35.5. The minimum absolute atomic E-state index is 0.405. The number of ether oxygens (including phenoxy) is 1. The number of amides is 4. The summed E-state index contributed by atoms with van der Waals surface area (Å²) in [5.41, 5.74) is -0.417. The van der Waals surface area contributed by atoms with Crippen LogP contribution in [-0.2, 0) is 19.1 Å². The third-order valence-electron chi connectivity index (χ3n) is 4.76. The predicted octanol–water partition coefficient (Wildman–Crippen LogP) is 2.07. The Bertz CT molecular complexity index is 791. The molecular formula is C18H20ClN3O5. The molecule has 1 aromatic rings. The average Bonchev–Trinajstić information content (AvgIpc) is 3.16. The van der Waals surface area contributed by atoms with E-state index in [1.165, 1.54) is 6.92 Å². The van der Waals surface area contributed by atoms with Crippen molar-refractivity contribution in [2.45, 2.75) is 44.2 Å². The van der Waals surface area contributed by atoms with Gasteiger partial charge in [-0.05, 0) is 38.0 Å². The first-order valence-corrected chi connectivity index (χ1v) is 9.08. The SMILES string of the molecule is C[C@@H](OC(=O)CN1C(=O)NC2(CCCC2)C1=O)C(=O)Nc1cccc(Cl)c1. The zero-order chi connectivity index (χ0) is 19.6. The second-order valence-electron chi connectivity index (χ2n) is 6.74. The number of esters is 1. The summed E-state index contributed by atoms with van der Waals surface area (Å²) in [5, 5.41) is 5.72. The van der Waals surface area contributed by atoms with Gasteiger partial charge in [-0.2, -0.15) is 0 Å². The number of rotatable bonds is 5. The van der Waals surface area contributed by atoms with E-state index in [-0.39, 0.29) is 0 Å². The Balaban J connectivity index is 1.55. The van der Waals surface area contributed by atoms with E-state index in [0.717, 1.165) is 17.7 Å². The molecule has 1 aromatic carbocycles. The second-order valence-corrected chi connectivity index (χ2v) is 7.18. The molecule has 27 heavy (non-hydrogen) atoms. The van der Waals surface area contributed by atoms with Crippen molar-refractivity contribution in [3.8, 4) is 0 Å². The fourth-order valence-electron chi connectivity index (χ4n) is 3.36. The average molecular weight is 394 g/mol. The van der Waals surface area contributed by atoms with Crippen molar-refractivity contribution in [2.24, 2.45) is 0 Å². The zero-order valence-corrected chi connectivity index (χ0v) is 15.5. The number of nitrogens with zero attached hydrogens (tertiary/aromatic N) is 1. The molecule has 4 amide bonds. The molecule has 0 aromatic heterocycles. The number of carbonyl (C=O) groups is 4. The summed E-state index contributed by atoms with van der Waals surface area (Å²) in [7, 11) is 0. The number of urea groups is 1. The molecule has 1 saturated heterocycles. The minimum atomic E-state index is -1.10. The van der Waals surface area contributed by atoms with Crippen LogP contribution in [0.2, 0.25) is 5.02 Å². The van der Waals surface area contributed by atoms with Crippen LogP contribution in [0.5, 0.6) is 0 Å². The Morgan fingerprint density at radius 2 is 2.04 bits per heavy atom. The molecule has 1 atom stereocenters. The molecule has 9 heteroatoms. The number of hydrogen-bond acceptors (Lipinski definition) is 5. The monoisotopic (exact) mass is 393 g/mol. The molecule has 0 unspecified atom stereocenters. The van der Waals surface area contributed by atoms with Gasteiger partial charge in [0.05, 0.1) is 0 Å². The second kappa shape index (κ2) is 7.56. The molecule has 1 aliphatic carbocycles. The fourth-order valence-corrected chi connectivity index (χ4v) is 3.55. The van der Waals surface area contributed by atoms with Crippen LogP contribution < -0.4 is 10.6 Å². The number of halogens is 1. The van der Waals surface area contributed by atoms with Crippen LogP contribution in [0.1, 0.15) is 32.6 Å². The topological polar surface area (TPSA) is 105 Å². The van der Waals surface area contributed by atoms with Gasteiger partial charge in [-0.25, -0.2) is 4.79 Å². The minimum Gasteiger partial charge on any atom is -0.451 e. The predicted molar refractivity (Wildman–Crippen MR) is 97.1 cm³/mol. The van der Waals surface area contributed by atoms with E-state index in [4.69, 9.17) is 16.3 Å². The van der Waals surface area contributed by atoms with Crippen LogP contribution in [0, 0.1) is 0 Å². The molecule has 2 fully saturated rings. The highest BCUT2D eigenvalue weighted by molar-refractivity contribution is 6.30. The number of benzene rings is 1. The van der Waals surface area contributed by atoms with Gasteiger partial charge in [0, 0.05) is 10.7 Å². The van der Waals surface area contributed by atoms with Crippen molar-refractivity contribution < 1.29 is 23.9 Å². The van der Waals surface area contributed by atoms with Crippen LogP contribution in [0.4, 0.5) is 10.5 Å². The van der Waals surface area contributed by atoms with Crippen molar-refractivity contribution in [1.82, 2.24) is 10.2 Å². The number of hydrogen-bond donors (Lipinski definition) is 2. The van der Waals surface area contributed by atoms with Gasteiger partial charge in [-0.1, -0.05) is 30.5 Å². The first-order valence-electron chi connectivity index (χ1n) is 8.71. The Labute approximate surface area is 161 Å². The summed E-state index contributed by atoms with van der Waals surface area (Å²) in [4.78, 5) is 49.7. The maximum atomic E-state index is 12.5. The molecule has 144 valence electrons. The third-order valence-corrected chi connectivity index (χ3v) is 4.99. The van der Waals surface area contributed by atoms with Crippen molar-refractivity contribution in [1.29, 1.82) is 0 Å². The van der Waals surface area contributed by atoms with Crippen molar-refractivity contribution in [3.05, 3.63) is 29.3 Å². The van der Waals surface area contributed by atoms with E-state index < -0.39 is 42.0 Å². The van der Waals surface area contributed by atoms with Crippen LogP contribution >= 0.6 is 11.6 Å². The molecule has 2 aliphatic rings. The number of imide groups is 1. The normalized spacial score (nSPS) is 19.1. The summed E-state index contributed by atoms with van der Waals surface area (Å²) in [6, 6.07) is 5.94. The summed E-state index contributed by atoms with van der Waals surface area (Å²) in [6.07, 6.45) is 1.75.